The third kappa shape index (κ3) is 40.9. The Morgan fingerprint density at radius 1 is 0.553 bits per heavy atom. The highest BCUT2D eigenvalue weighted by molar-refractivity contribution is 7.09. The Bertz CT molecular complexity index is 2940. The number of nitrogens with one attached hydrogen (secondary N) is 4. The average Bonchev–Trinajstić information content (AvgIpc) is 4.30. The van der Waals surface area contributed by atoms with Crippen molar-refractivity contribution in [3.63, 3.8) is 0 Å². The first-order valence-corrected chi connectivity index (χ1v) is 30.0. The summed E-state index contributed by atoms with van der Waals surface area (Å²) < 4.78 is 12.0. The third-order valence-corrected chi connectivity index (χ3v) is 13.1. The molecule has 13 aromatic heterocycles. The van der Waals surface area contributed by atoms with Crippen LogP contribution in [0.5, 0.6) is 0 Å². The molecule has 0 saturated carbocycles. The second-order valence-electron chi connectivity index (χ2n) is 18.6. The predicted octanol–water partition coefficient (Wildman–Crippen LogP) is 14.8. The molecule has 13 rings (SSSR count). The zero-order valence-corrected chi connectivity index (χ0v) is 55.4. The maximum atomic E-state index is 10.4. The van der Waals surface area contributed by atoms with Gasteiger partial charge in [-0.25, -0.2) is 4.98 Å². The molecular weight excluding hydrogens is 1120 g/mol. The first-order valence-electron chi connectivity index (χ1n) is 27.3. The number of imidazole rings is 1. The summed E-state index contributed by atoms with van der Waals surface area (Å²) in [6.45, 7) is 22.4. The van der Waals surface area contributed by atoms with Gasteiger partial charge in [-0.15, -0.1) is 34.0 Å². The van der Waals surface area contributed by atoms with E-state index in [0.717, 1.165) is 28.5 Å². The maximum absolute atomic E-state index is 10.4. The molecule has 0 fully saturated rings. The van der Waals surface area contributed by atoms with Crippen LogP contribution >= 0.6 is 34.0 Å². The molecule has 13 aromatic rings. The molecule has 13 heterocycles. The zero-order chi connectivity index (χ0) is 63.0. The Kier molecular flexibility index (Phi) is 40.7. The molecule has 85 heavy (non-hydrogen) atoms. The van der Waals surface area contributed by atoms with Gasteiger partial charge in [0.2, 0.25) is 5.56 Å². The summed E-state index contributed by atoms with van der Waals surface area (Å²) in [5, 5.41) is 15.4. The molecule has 0 unspecified atom stereocenters. The van der Waals surface area contributed by atoms with E-state index in [1.165, 1.54) is 45.0 Å². The summed E-state index contributed by atoms with van der Waals surface area (Å²) >= 11 is 4.96. The van der Waals surface area contributed by atoms with Gasteiger partial charge in [0, 0.05) is 196 Å². The molecular formula is C65H92N16OS3. The van der Waals surface area contributed by atoms with Crippen LogP contribution in [0.25, 0.3) is 0 Å². The second-order valence-corrected chi connectivity index (χ2v) is 21.5. The van der Waals surface area contributed by atoms with Gasteiger partial charge in [0.15, 0.2) is 0 Å². The van der Waals surface area contributed by atoms with Crippen LogP contribution in [0.3, 0.4) is 0 Å². The monoisotopic (exact) mass is 1210 g/mol. The van der Waals surface area contributed by atoms with Crippen molar-refractivity contribution in [3.05, 3.63) is 283 Å². The van der Waals surface area contributed by atoms with Gasteiger partial charge in [0.25, 0.3) is 0 Å². The summed E-state index contributed by atoms with van der Waals surface area (Å²) in [6, 6.07) is 31.5. The lowest BCUT2D eigenvalue weighted by molar-refractivity contribution is 0.768. The summed E-state index contributed by atoms with van der Waals surface area (Å²) in [6.07, 6.45) is 29.4. The number of hydrogen-bond acceptors (Lipinski definition) is 10. The number of aromatic amines is 4. The van der Waals surface area contributed by atoms with Crippen LogP contribution in [0.2, 0.25) is 0 Å². The van der Waals surface area contributed by atoms with Crippen LogP contribution in [0, 0.1) is 69.2 Å². The van der Waals surface area contributed by atoms with E-state index in [4.69, 9.17) is 0 Å². The molecule has 0 aliphatic heterocycles. The predicted molar refractivity (Wildman–Crippen MR) is 358 cm³/mol. The topological polar surface area (TPSA) is 187 Å². The van der Waals surface area contributed by atoms with Crippen molar-refractivity contribution in [3.8, 4) is 0 Å². The van der Waals surface area contributed by atoms with Crippen molar-refractivity contribution in [1.82, 2.24) is 77.7 Å². The van der Waals surface area contributed by atoms with Crippen LogP contribution in [0.4, 0.5) is 0 Å². The second kappa shape index (κ2) is 46.6. The van der Waals surface area contributed by atoms with Crippen LogP contribution in [-0.2, 0) is 48.7 Å². The average molecular weight is 1210 g/mol. The molecule has 0 aliphatic rings. The lowest BCUT2D eigenvalue weighted by Crippen LogP contribution is -2.02. The van der Waals surface area contributed by atoms with E-state index in [0.29, 0.717) is 0 Å². The SMILES string of the molecule is CCc1cccn1C.Cc1cc[nH]c1.Cc1ccc(C)n1C.Cc1ccc[nH]1.Cc1cccc(=O)[nH]1.Cc1cccn1C.Cc1ccn[nH]1.Cc1cncs1.Cc1cscn1.Cc1nccs1.Cn1cccc1.Cn1cccn1.Cn1ccnc1. The molecule has 0 amide bonds. The minimum absolute atomic E-state index is 0.0370. The van der Waals surface area contributed by atoms with Gasteiger partial charge in [-0.05, 0) is 166 Å². The number of nitrogens with zero attached hydrogens (tertiary/aromatic N) is 12. The van der Waals surface area contributed by atoms with E-state index in [2.05, 4.69) is 149 Å². The molecule has 0 bridgehead atoms. The van der Waals surface area contributed by atoms with E-state index in [1.54, 1.807) is 75.9 Å². The van der Waals surface area contributed by atoms with Gasteiger partial charge >= 0.3 is 0 Å². The molecule has 4 N–H and O–H groups in total. The fourth-order valence-corrected chi connectivity index (χ4v) is 7.20. The number of hydrogen-bond donors (Lipinski definition) is 4. The summed E-state index contributed by atoms with van der Waals surface area (Å²) in [7, 11) is 12.0. The van der Waals surface area contributed by atoms with Crippen molar-refractivity contribution < 1.29 is 0 Å². The number of pyridine rings is 1. The zero-order valence-electron chi connectivity index (χ0n) is 52.9. The fourth-order valence-electron chi connectivity index (χ4n) is 5.80. The quantitative estimate of drug-likeness (QED) is 0.126. The number of thiazole rings is 3. The number of aryl methyl sites for hydroxylation is 16. The van der Waals surface area contributed by atoms with E-state index in [9.17, 15) is 4.79 Å². The lowest BCUT2D eigenvalue weighted by Gasteiger charge is -1.96. The molecule has 0 atom stereocenters. The van der Waals surface area contributed by atoms with Crippen molar-refractivity contribution in [2.75, 3.05) is 0 Å². The highest BCUT2D eigenvalue weighted by atomic mass is 32.1. The Morgan fingerprint density at radius 3 is 1.45 bits per heavy atom. The normalized spacial score (nSPS) is 9.09. The van der Waals surface area contributed by atoms with Crippen molar-refractivity contribution >= 4 is 34.0 Å². The standard InChI is InChI=1S/2C7H11N.C6H7NO.C6H9N.3C5H7N.3C4H6N2.3C4H5NS/c1-6-4-5-7(2)8(6)3;1-3-7-5-4-6-8(7)2;1-5-3-2-4-6(8)7-5;1-6-4-3-5-7(6)2;1-5-2-3-6-4-5;1-6-4-2-3-5-6;1-5-3-2-4-6-5;1-6-3-2-5-4-6;1-6-4-2-3-5-6;1-4-2-3-5-6-4;1-4-2-6-3-5-4;1-4-2-5-3-6-4;1-4-5-2-3-6-4/h4-5H,1-3H3;4-6H,3H2,1-2H3;2-4H,1H3,(H,7,8);3-5H,1-2H3;2-4,6H,1H3;2-5H,1H3;2-4,6H,1H3;2*2-4H,1H3;2-3H,1H3,(H,5,6);3*2-3H,1H3. The molecule has 0 aromatic carbocycles. The Labute approximate surface area is 516 Å². The van der Waals surface area contributed by atoms with E-state index < -0.39 is 0 Å². The Hall–Kier alpha value is -8.85. The molecule has 0 aliphatic carbocycles. The van der Waals surface area contributed by atoms with Gasteiger partial charge in [-0.3, -0.25) is 29.5 Å². The molecule has 17 nitrogen and oxygen atoms in total. The minimum Gasteiger partial charge on any atom is -0.367 e. The minimum atomic E-state index is -0.0370. The van der Waals surface area contributed by atoms with Crippen LogP contribution in [-0.4, -0.2) is 77.7 Å². The Balaban J connectivity index is 0.000000461. The highest BCUT2D eigenvalue weighted by Crippen LogP contribution is 2.03. The molecule has 456 valence electrons. The lowest BCUT2D eigenvalue weighted by atomic mass is 10.3. The van der Waals surface area contributed by atoms with Crippen molar-refractivity contribution in [2.45, 2.75) is 82.6 Å². The summed E-state index contributed by atoms with van der Waals surface area (Å²) in [4.78, 5) is 35.7. The van der Waals surface area contributed by atoms with Gasteiger partial charge < -0.3 is 37.8 Å². The van der Waals surface area contributed by atoms with Crippen molar-refractivity contribution in [2.24, 2.45) is 42.3 Å². The number of rotatable bonds is 1. The van der Waals surface area contributed by atoms with Gasteiger partial charge in [-0.2, -0.15) is 10.2 Å². The number of aromatic nitrogens is 16. The largest absolute Gasteiger partial charge is 0.367 e. The van der Waals surface area contributed by atoms with Crippen LogP contribution in [0.1, 0.15) is 67.9 Å². The number of H-pyrrole nitrogens is 4. The van der Waals surface area contributed by atoms with E-state index in [-0.39, 0.29) is 5.56 Å². The highest BCUT2D eigenvalue weighted by Gasteiger charge is 1.91. The molecule has 20 heteroatoms. The van der Waals surface area contributed by atoms with Gasteiger partial charge in [0.1, 0.15) is 0 Å². The molecule has 0 radical (unpaired) electrons. The first kappa shape index (κ1) is 74.2. The van der Waals surface area contributed by atoms with E-state index in [1.807, 2.05) is 211 Å². The summed E-state index contributed by atoms with van der Waals surface area (Å²) in [5.74, 6) is 0. The van der Waals surface area contributed by atoms with Crippen molar-refractivity contribution in [1.29, 1.82) is 0 Å². The van der Waals surface area contributed by atoms with Gasteiger partial charge in [-0.1, -0.05) is 13.0 Å². The Morgan fingerprint density at radius 2 is 1.26 bits per heavy atom. The smallest absolute Gasteiger partial charge is 0.248 e. The first-order chi connectivity index (χ1) is 40.7. The van der Waals surface area contributed by atoms with Crippen LogP contribution < -0.4 is 5.56 Å². The summed E-state index contributed by atoms with van der Waals surface area (Å²) in [5.41, 5.74) is 14.6. The van der Waals surface area contributed by atoms with Gasteiger partial charge in [0.05, 0.1) is 22.4 Å². The fraction of sp³-hybridized carbons (Fsp3) is 0.277. The third-order valence-electron chi connectivity index (χ3n) is 11.0. The van der Waals surface area contributed by atoms with E-state index >= 15 is 0 Å². The molecule has 0 saturated heterocycles. The molecule has 0 spiro atoms. The maximum Gasteiger partial charge on any atom is 0.248 e. The van der Waals surface area contributed by atoms with Crippen LogP contribution in [0.15, 0.2) is 217 Å².